The van der Waals surface area contributed by atoms with Gasteiger partial charge in [-0.1, -0.05) is 0 Å². The van der Waals surface area contributed by atoms with Crippen LogP contribution in [0.1, 0.15) is 17.7 Å². The van der Waals surface area contributed by atoms with Crippen LogP contribution in [-0.2, 0) is 12.8 Å². The van der Waals surface area contributed by atoms with Crippen LogP contribution in [0.5, 0.6) is 17.4 Å². The van der Waals surface area contributed by atoms with Gasteiger partial charge < -0.3 is 9.47 Å². The van der Waals surface area contributed by atoms with Crippen LogP contribution in [0.15, 0.2) is 29.0 Å². The molecule has 0 radical (unpaired) electrons. The number of benzene rings is 1. The molecule has 1 aliphatic rings. The number of aryl methyl sites for hydroxylation is 1. The summed E-state index contributed by atoms with van der Waals surface area (Å²) in [5, 5.41) is 0. The zero-order chi connectivity index (χ0) is 13.2. The highest BCUT2D eigenvalue weighted by Gasteiger charge is 2.19. The normalized spacial score (nSPS) is 13.2. The van der Waals surface area contributed by atoms with Crippen molar-refractivity contribution in [2.45, 2.75) is 19.3 Å². The zero-order valence-corrected chi connectivity index (χ0v) is 12.1. The number of ether oxygens (including phenoxy) is 2. The first-order valence-corrected chi connectivity index (χ1v) is 6.91. The van der Waals surface area contributed by atoms with Crippen LogP contribution in [0.3, 0.4) is 0 Å². The average Bonchev–Trinajstić information content (AvgIpc) is 2.90. The Balaban J connectivity index is 1.92. The maximum Gasteiger partial charge on any atom is 0.225 e. The summed E-state index contributed by atoms with van der Waals surface area (Å²) in [7, 11) is 1.64. The maximum atomic E-state index is 5.90. The molecule has 0 saturated heterocycles. The van der Waals surface area contributed by atoms with Crippen LogP contribution in [0.4, 0.5) is 0 Å². The highest BCUT2D eigenvalue weighted by atomic mass is 79.9. The maximum absolute atomic E-state index is 5.90. The molecule has 1 aromatic carbocycles. The van der Waals surface area contributed by atoms with E-state index in [1.807, 2.05) is 18.2 Å². The molecule has 0 atom stereocenters. The van der Waals surface area contributed by atoms with E-state index in [-0.39, 0.29) is 0 Å². The number of nitrogens with zero attached hydrogens (tertiary/aromatic N) is 2. The predicted octanol–water partition coefficient (Wildman–Crippen LogP) is 3.53. The highest BCUT2D eigenvalue weighted by molar-refractivity contribution is 9.10. The lowest BCUT2D eigenvalue weighted by Crippen LogP contribution is -1.97. The lowest BCUT2D eigenvalue weighted by atomic mass is 10.2. The van der Waals surface area contributed by atoms with E-state index in [9.17, 15) is 0 Å². The molecule has 0 saturated carbocycles. The molecule has 3 rings (SSSR count). The standard InChI is InChI=1S/C14H13BrN2O2/c1-18-9-5-6-13(11(15)7-9)19-14-10-3-2-4-12(10)16-8-17-14/h5-8H,2-4H2,1H3. The van der Waals surface area contributed by atoms with Gasteiger partial charge in [0.15, 0.2) is 0 Å². The molecule has 1 heterocycles. The van der Waals surface area contributed by atoms with Crippen molar-refractivity contribution in [3.63, 3.8) is 0 Å². The summed E-state index contributed by atoms with van der Waals surface area (Å²) < 4.78 is 11.9. The van der Waals surface area contributed by atoms with Gasteiger partial charge in [0.05, 0.1) is 17.3 Å². The second-order valence-corrected chi connectivity index (χ2v) is 5.21. The molecule has 1 aliphatic carbocycles. The Morgan fingerprint density at radius 2 is 2.11 bits per heavy atom. The average molecular weight is 321 g/mol. The van der Waals surface area contributed by atoms with Crippen molar-refractivity contribution in [2.24, 2.45) is 0 Å². The van der Waals surface area contributed by atoms with Crippen LogP contribution in [0, 0.1) is 0 Å². The van der Waals surface area contributed by atoms with Gasteiger partial charge in [-0.25, -0.2) is 9.97 Å². The first kappa shape index (κ1) is 12.4. The molecule has 4 nitrogen and oxygen atoms in total. The Labute approximate surface area is 119 Å². The quantitative estimate of drug-likeness (QED) is 0.867. The number of aromatic nitrogens is 2. The van der Waals surface area contributed by atoms with E-state index >= 15 is 0 Å². The number of rotatable bonds is 3. The van der Waals surface area contributed by atoms with Crippen LogP contribution >= 0.6 is 15.9 Å². The summed E-state index contributed by atoms with van der Waals surface area (Å²) in [6.07, 6.45) is 4.68. The molecular weight excluding hydrogens is 308 g/mol. The van der Waals surface area contributed by atoms with E-state index in [4.69, 9.17) is 9.47 Å². The molecule has 0 bridgehead atoms. The first-order valence-electron chi connectivity index (χ1n) is 6.12. The Bertz CT molecular complexity index is 616. The van der Waals surface area contributed by atoms with Gasteiger partial charge in [0.1, 0.15) is 17.8 Å². The summed E-state index contributed by atoms with van der Waals surface area (Å²) in [4.78, 5) is 8.53. The van der Waals surface area contributed by atoms with Crippen LogP contribution < -0.4 is 9.47 Å². The molecule has 19 heavy (non-hydrogen) atoms. The highest BCUT2D eigenvalue weighted by Crippen LogP contribution is 2.35. The summed E-state index contributed by atoms with van der Waals surface area (Å²) in [5.74, 6) is 2.18. The lowest BCUT2D eigenvalue weighted by molar-refractivity contribution is 0.411. The van der Waals surface area contributed by atoms with E-state index in [0.29, 0.717) is 5.88 Å². The monoisotopic (exact) mass is 320 g/mol. The van der Waals surface area contributed by atoms with E-state index in [1.165, 1.54) is 0 Å². The third-order valence-electron chi connectivity index (χ3n) is 3.18. The molecule has 98 valence electrons. The van der Waals surface area contributed by atoms with Crippen molar-refractivity contribution in [3.05, 3.63) is 40.3 Å². The Hall–Kier alpha value is -1.62. The van der Waals surface area contributed by atoms with Gasteiger partial charge in [0.2, 0.25) is 5.88 Å². The van der Waals surface area contributed by atoms with Crippen molar-refractivity contribution < 1.29 is 9.47 Å². The third-order valence-corrected chi connectivity index (χ3v) is 3.80. The topological polar surface area (TPSA) is 44.2 Å². The van der Waals surface area contributed by atoms with Crippen LogP contribution in [-0.4, -0.2) is 17.1 Å². The Morgan fingerprint density at radius 1 is 1.21 bits per heavy atom. The van der Waals surface area contributed by atoms with Gasteiger partial charge in [-0.3, -0.25) is 0 Å². The number of hydrogen-bond donors (Lipinski definition) is 0. The van der Waals surface area contributed by atoms with Crippen molar-refractivity contribution in [2.75, 3.05) is 7.11 Å². The fourth-order valence-corrected chi connectivity index (χ4v) is 2.65. The second-order valence-electron chi connectivity index (χ2n) is 4.36. The largest absolute Gasteiger partial charge is 0.497 e. The molecular formula is C14H13BrN2O2. The molecule has 0 N–H and O–H groups in total. The van der Waals surface area contributed by atoms with E-state index in [2.05, 4.69) is 25.9 Å². The minimum atomic E-state index is 0.661. The number of methoxy groups -OCH3 is 1. The van der Waals surface area contributed by atoms with Crippen molar-refractivity contribution in [1.29, 1.82) is 0 Å². The second kappa shape index (κ2) is 5.17. The Kier molecular flexibility index (Phi) is 3.38. The fourth-order valence-electron chi connectivity index (χ4n) is 2.21. The molecule has 0 aliphatic heterocycles. The van der Waals surface area contributed by atoms with Gasteiger partial charge in [0, 0.05) is 5.56 Å². The van der Waals surface area contributed by atoms with E-state index in [1.54, 1.807) is 13.4 Å². The minimum absolute atomic E-state index is 0.661. The van der Waals surface area contributed by atoms with Gasteiger partial charge in [0.25, 0.3) is 0 Å². The van der Waals surface area contributed by atoms with E-state index < -0.39 is 0 Å². The summed E-state index contributed by atoms with van der Waals surface area (Å²) in [6, 6.07) is 5.60. The lowest BCUT2D eigenvalue weighted by Gasteiger charge is -2.10. The Morgan fingerprint density at radius 3 is 2.89 bits per heavy atom. The van der Waals surface area contributed by atoms with Gasteiger partial charge in [-0.2, -0.15) is 0 Å². The first-order chi connectivity index (χ1) is 9.28. The molecule has 1 aromatic heterocycles. The fraction of sp³-hybridized carbons (Fsp3) is 0.286. The van der Waals surface area contributed by atoms with Crippen LogP contribution in [0.25, 0.3) is 0 Å². The molecule has 5 heteroatoms. The summed E-state index contributed by atoms with van der Waals surface area (Å²) >= 11 is 3.48. The van der Waals surface area contributed by atoms with Crippen LogP contribution in [0.2, 0.25) is 0 Å². The van der Waals surface area contributed by atoms with Crippen molar-refractivity contribution in [1.82, 2.24) is 9.97 Å². The third kappa shape index (κ3) is 2.42. The van der Waals surface area contributed by atoms with Gasteiger partial charge in [-0.05, 0) is 53.4 Å². The minimum Gasteiger partial charge on any atom is -0.497 e. The smallest absolute Gasteiger partial charge is 0.225 e. The zero-order valence-electron chi connectivity index (χ0n) is 10.5. The summed E-state index contributed by atoms with van der Waals surface area (Å²) in [6.45, 7) is 0. The molecule has 0 amide bonds. The molecule has 2 aromatic rings. The van der Waals surface area contributed by atoms with Gasteiger partial charge in [-0.15, -0.1) is 0 Å². The number of hydrogen-bond acceptors (Lipinski definition) is 4. The molecule has 0 spiro atoms. The number of halogens is 1. The van der Waals surface area contributed by atoms with Gasteiger partial charge >= 0.3 is 0 Å². The van der Waals surface area contributed by atoms with Crippen molar-refractivity contribution >= 4 is 15.9 Å². The molecule has 0 unspecified atom stereocenters. The predicted molar refractivity (Wildman–Crippen MR) is 74.8 cm³/mol. The number of fused-ring (bicyclic) bond motifs is 1. The molecule has 0 fully saturated rings. The SMILES string of the molecule is COc1ccc(Oc2ncnc3c2CCC3)c(Br)c1. The summed E-state index contributed by atoms with van der Waals surface area (Å²) in [5.41, 5.74) is 2.24. The van der Waals surface area contributed by atoms with E-state index in [0.717, 1.165) is 46.5 Å². The van der Waals surface area contributed by atoms with Crippen molar-refractivity contribution in [3.8, 4) is 17.4 Å².